The predicted octanol–water partition coefficient (Wildman–Crippen LogP) is 12.0. The third kappa shape index (κ3) is 49.2. The summed E-state index contributed by atoms with van der Waals surface area (Å²) in [6.07, 6.45) is 13.9. The molecule has 0 aliphatic carbocycles. The van der Waals surface area contributed by atoms with Crippen LogP contribution in [0.15, 0.2) is 12.2 Å². The van der Waals surface area contributed by atoms with Crippen molar-refractivity contribution in [3.8, 4) is 0 Å². The molecule has 0 N–H and O–H groups in total. The maximum Gasteiger partial charge on any atom is -0.00714 e. The van der Waals surface area contributed by atoms with E-state index in [-0.39, 0.29) is 29.6 Å². The van der Waals surface area contributed by atoms with Gasteiger partial charge in [-0.1, -0.05) is 114 Å². The summed E-state index contributed by atoms with van der Waals surface area (Å²) < 4.78 is 0. The Labute approximate surface area is 197 Å². The van der Waals surface area contributed by atoms with Gasteiger partial charge in [0.25, 0.3) is 0 Å². The summed E-state index contributed by atoms with van der Waals surface area (Å²) in [7, 11) is 21.3. The first kappa shape index (κ1) is 45.4. The average Bonchev–Trinajstić information content (AvgIpc) is 2.60. The van der Waals surface area contributed by atoms with Gasteiger partial charge < -0.3 is 0 Å². The summed E-state index contributed by atoms with van der Waals surface area (Å²) in [5.74, 6) is 0. The molecule has 0 bridgehead atoms. The molecule has 0 aromatic carbocycles. The normalized spacial score (nSPS) is 14.0. The van der Waals surface area contributed by atoms with Crippen LogP contribution in [0.25, 0.3) is 0 Å². The van der Waals surface area contributed by atoms with Crippen molar-refractivity contribution in [1.82, 2.24) is 0 Å². The third-order valence-corrected chi connectivity index (χ3v) is 33.8. The molecule has 0 spiro atoms. The number of allylic oxidation sites excluding steroid dienone is 2. The molecule has 0 aromatic heterocycles. The van der Waals surface area contributed by atoms with E-state index in [2.05, 4.69) is 86.5 Å². The van der Waals surface area contributed by atoms with Crippen molar-refractivity contribution in [1.29, 1.82) is 0 Å². The first-order chi connectivity index (χ1) is 11.4. The summed E-state index contributed by atoms with van der Waals surface area (Å²) >= 11 is 0. The van der Waals surface area contributed by atoms with Gasteiger partial charge in [0.2, 0.25) is 0 Å². The van der Waals surface area contributed by atoms with Crippen LogP contribution in [0.4, 0.5) is 0 Å². The Bertz CT molecular complexity index is 243. The van der Waals surface area contributed by atoms with Gasteiger partial charge in [-0.3, -0.25) is 0 Å². The molecule has 0 aliphatic heterocycles. The van der Waals surface area contributed by atoms with Crippen molar-refractivity contribution in [2.45, 2.75) is 68.7 Å². The SMILES string of the molecule is C.C.C.CCC=CCP(P)PP.CCCCP(P)PP.CCCP(P)PP. The molecule has 0 radical (unpaired) electrons. The maximum absolute atomic E-state index is 2.94. The quantitative estimate of drug-likeness (QED) is 0.163. The van der Waals surface area contributed by atoms with Gasteiger partial charge in [0.1, 0.15) is 0 Å². The van der Waals surface area contributed by atoms with Gasteiger partial charge in [-0.2, -0.15) is 0 Å². The lowest BCUT2D eigenvalue weighted by Crippen LogP contribution is -1.71. The highest BCUT2D eigenvalue weighted by Crippen LogP contribution is 2.66. The maximum atomic E-state index is 2.94. The smallest absolute Gasteiger partial charge is 0.00714 e. The molecule has 0 amide bonds. The monoisotopic (exact) mass is 604 g/mol. The van der Waals surface area contributed by atoms with Crippen molar-refractivity contribution >= 4 is 99.3 Å². The van der Waals surface area contributed by atoms with E-state index in [9.17, 15) is 0 Å². The minimum atomic E-state index is 0. The Morgan fingerprint density at radius 3 is 1.41 bits per heavy atom. The molecule has 12 atom stereocenters. The molecule has 172 valence electrons. The number of rotatable bonds is 11. The van der Waals surface area contributed by atoms with Crippen LogP contribution in [0.5, 0.6) is 0 Å². The molecular formula is C15H52P12. The lowest BCUT2D eigenvalue weighted by Gasteiger charge is -2.05. The van der Waals surface area contributed by atoms with Crippen molar-refractivity contribution in [3.05, 3.63) is 12.2 Å². The van der Waals surface area contributed by atoms with Crippen LogP contribution >= 0.6 is 99.3 Å². The molecule has 0 rings (SSSR count). The first-order valence-corrected chi connectivity index (χ1v) is 28.4. The van der Waals surface area contributed by atoms with E-state index in [1.807, 2.05) is 0 Å². The fourth-order valence-corrected chi connectivity index (χ4v) is 10.5. The predicted molar refractivity (Wildman–Crippen MR) is 183 cm³/mol. The van der Waals surface area contributed by atoms with Gasteiger partial charge in [-0.05, 0) is 31.3 Å². The molecule has 0 aliphatic rings. The Morgan fingerprint density at radius 1 is 0.667 bits per heavy atom. The van der Waals surface area contributed by atoms with E-state index in [4.69, 9.17) is 0 Å². The van der Waals surface area contributed by atoms with E-state index in [1.165, 1.54) is 44.2 Å². The molecule has 12 unspecified atom stereocenters. The first-order valence-electron chi connectivity index (χ1n) is 8.03. The van der Waals surface area contributed by atoms with Crippen molar-refractivity contribution < 1.29 is 0 Å². The Balaban J connectivity index is -0.0000000584. The second kappa shape index (κ2) is 41.2. The van der Waals surface area contributed by atoms with Crippen molar-refractivity contribution in [3.63, 3.8) is 0 Å². The zero-order valence-electron chi connectivity index (χ0n) is 15.4. The van der Waals surface area contributed by atoms with E-state index >= 15 is 0 Å². The van der Waals surface area contributed by atoms with Crippen LogP contribution in [-0.4, -0.2) is 18.5 Å². The minimum Gasteiger partial charge on any atom is -0.110 e. The summed E-state index contributed by atoms with van der Waals surface area (Å²) in [5, 5.41) is 0. The Kier molecular flexibility index (Phi) is 69.3. The zero-order chi connectivity index (χ0) is 19.2. The lowest BCUT2D eigenvalue weighted by atomic mass is 10.4. The molecule has 27 heavy (non-hydrogen) atoms. The van der Waals surface area contributed by atoms with Gasteiger partial charge in [0.15, 0.2) is 0 Å². The Hall–Kier alpha value is 4.90. The second-order valence-electron chi connectivity index (χ2n) is 4.66. The average molecular weight is 604 g/mol. The summed E-state index contributed by atoms with van der Waals surface area (Å²) in [6, 6.07) is 0. The van der Waals surface area contributed by atoms with Crippen LogP contribution in [0.3, 0.4) is 0 Å². The van der Waals surface area contributed by atoms with E-state index in [0.29, 0.717) is 14.6 Å². The number of hydrogen-bond acceptors (Lipinski definition) is 0. The van der Waals surface area contributed by atoms with Gasteiger partial charge in [-0.15, -0.1) is 53.6 Å². The molecule has 0 fully saturated rings. The molecule has 0 heterocycles. The highest BCUT2D eigenvalue weighted by molar-refractivity contribution is 8.62. The van der Waals surface area contributed by atoms with E-state index in [1.54, 1.807) is 0 Å². The Morgan fingerprint density at radius 2 is 1.11 bits per heavy atom. The zero-order valence-corrected chi connectivity index (χ0v) is 28.0. The van der Waals surface area contributed by atoms with Crippen LogP contribution in [-0.2, 0) is 0 Å². The lowest BCUT2D eigenvalue weighted by molar-refractivity contribution is 0.895. The van der Waals surface area contributed by atoms with Gasteiger partial charge in [-0.25, -0.2) is 0 Å². The van der Waals surface area contributed by atoms with Crippen LogP contribution in [0.2, 0.25) is 0 Å². The fraction of sp³-hybridized carbons (Fsp3) is 0.867. The van der Waals surface area contributed by atoms with Gasteiger partial charge >= 0.3 is 0 Å². The molecule has 12 heteroatoms. The van der Waals surface area contributed by atoms with Crippen LogP contribution in [0.1, 0.15) is 68.7 Å². The van der Waals surface area contributed by atoms with Crippen LogP contribution < -0.4 is 0 Å². The third-order valence-electron chi connectivity index (χ3n) is 2.42. The second-order valence-corrected chi connectivity index (χ2v) is 34.2. The summed E-state index contributed by atoms with van der Waals surface area (Å²) in [6.45, 7) is 6.66. The topological polar surface area (TPSA) is 0 Å². The molecule has 0 saturated carbocycles. The molecule has 0 aromatic rings. The van der Waals surface area contributed by atoms with Crippen LogP contribution in [0, 0.1) is 0 Å². The largest absolute Gasteiger partial charge is 0.110 e. The molecule has 0 nitrogen and oxygen atoms in total. The van der Waals surface area contributed by atoms with E-state index < -0.39 is 0 Å². The van der Waals surface area contributed by atoms with Crippen molar-refractivity contribution in [2.24, 2.45) is 0 Å². The van der Waals surface area contributed by atoms with E-state index in [0.717, 1.165) is 23.9 Å². The summed E-state index contributed by atoms with van der Waals surface area (Å²) in [4.78, 5) is 0. The number of unbranched alkanes of at least 4 members (excludes halogenated alkanes) is 1. The van der Waals surface area contributed by atoms with Crippen molar-refractivity contribution in [2.75, 3.05) is 18.5 Å². The number of hydrogen-bond donors (Lipinski definition) is 0. The summed E-state index contributed by atoms with van der Waals surface area (Å²) in [5.41, 5.74) is 0. The fourth-order valence-electron chi connectivity index (χ4n) is 1.11. The molecular weight excluding hydrogens is 552 g/mol. The molecule has 0 saturated heterocycles. The highest BCUT2D eigenvalue weighted by atomic mass is 32.6. The van der Waals surface area contributed by atoms with Gasteiger partial charge in [0.05, 0.1) is 0 Å². The van der Waals surface area contributed by atoms with Gasteiger partial charge in [0, 0.05) is 0 Å². The minimum absolute atomic E-state index is 0. The standard InChI is InChI=1S/C5H14P4.C4H14P4.C3H12P4.3CH4/c1-2-3-4-5-9(7)8-6;1-2-3-4-8(6)7-5;1-2-3-7(5)6-4;;;/h3-4,8H,2,5-7H2,1H3;7H,2-6H2,1H3;6H,2-5H2,1H3;3*1H4. The highest BCUT2D eigenvalue weighted by Gasteiger charge is 1.94.